The number of pyridine rings is 1. The van der Waals surface area contributed by atoms with Crippen LogP contribution in [0.3, 0.4) is 0 Å². The fourth-order valence-electron chi connectivity index (χ4n) is 13.4. The molecule has 4 aromatic heterocycles. The fraction of sp³-hybridized carbons (Fsp3) is 0.275. The van der Waals surface area contributed by atoms with Crippen molar-refractivity contribution in [3.05, 3.63) is 264 Å². The predicted molar refractivity (Wildman–Crippen MR) is 408 cm³/mol. The maximum Gasteiger partial charge on any atom is 0.268 e. The molecule has 14 rings (SSSR count). The Balaban J connectivity index is 0.00000995. The van der Waals surface area contributed by atoms with E-state index in [1.54, 1.807) is 0 Å². The summed E-state index contributed by atoms with van der Waals surface area (Å²) >= 11 is 0. The van der Waals surface area contributed by atoms with Crippen LogP contribution in [0.5, 0.6) is 11.5 Å². The largest absolute Gasteiger partial charge is 0.510 e. The number of imidazole rings is 1. The third-order valence-corrected chi connectivity index (χ3v) is 19.3. The Bertz CT molecular complexity index is 5630. The Hall–Kier alpha value is -9.09. The van der Waals surface area contributed by atoms with Gasteiger partial charge in [-0.25, -0.2) is 4.98 Å². The van der Waals surface area contributed by atoms with Crippen molar-refractivity contribution in [1.82, 2.24) is 18.7 Å². The summed E-state index contributed by atoms with van der Waals surface area (Å²) in [5, 5.41) is 3.87. The maximum absolute atomic E-state index is 8.96. The van der Waals surface area contributed by atoms with Crippen LogP contribution in [0.1, 0.15) is 175 Å². The second-order valence-electron chi connectivity index (χ2n) is 32.6. The van der Waals surface area contributed by atoms with Gasteiger partial charge in [-0.2, -0.15) is 18.2 Å². The molecule has 498 valence electrons. The van der Waals surface area contributed by atoms with Crippen LogP contribution in [-0.4, -0.2) is 18.7 Å². The third-order valence-electron chi connectivity index (χ3n) is 19.3. The van der Waals surface area contributed by atoms with E-state index in [0.29, 0.717) is 28.2 Å². The van der Waals surface area contributed by atoms with Gasteiger partial charge in [-0.1, -0.05) is 251 Å². The molecular weight excluding hydrogens is 1370 g/mol. The Morgan fingerprint density at radius 3 is 1.49 bits per heavy atom. The summed E-state index contributed by atoms with van der Waals surface area (Å²) in [5.41, 5.74) is 18.2. The molecule has 4 heterocycles. The molecule has 0 N–H and O–H groups in total. The SMILES string of the molecule is [2H]c1c([2H])c([2H])c(-c2cnc(-n3c4[c-]c(Oc5[c-]c(-n6[c-][n+](-c7c(-c8cc(C(C)(C)C)cc(C(C)(C)C)c8)cccc7-c7cc(C(C)(C)C)cc(C(C)(C)C)c7)c7ccccc76)ccc5)ccc4c4cc(-n5c6ccc(C(C)(C)C)cc6c6cc(C(C)(C)C)ccc65)ccc43)cc2C([2H])([2H])[2H])c([2H])c1[2H].[Pt]. The molecule has 14 aromatic rings. The van der Waals surface area contributed by atoms with Crippen molar-refractivity contribution < 1.29 is 41.3 Å². The van der Waals surface area contributed by atoms with Crippen molar-refractivity contribution in [2.45, 2.75) is 164 Å². The van der Waals surface area contributed by atoms with Gasteiger partial charge in [0.2, 0.25) is 0 Å². The fourth-order valence-corrected chi connectivity index (χ4v) is 13.4. The van der Waals surface area contributed by atoms with E-state index in [4.69, 9.17) is 20.7 Å². The molecule has 0 spiro atoms. The van der Waals surface area contributed by atoms with Gasteiger partial charge in [-0.05, 0) is 166 Å². The van der Waals surface area contributed by atoms with E-state index in [1.165, 1.54) is 45.6 Å². The van der Waals surface area contributed by atoms with Gasteiger partial charge >= 0.3 is 0 Å². The normalized spacial score (nSPS) is 14.1. The molecular formula is C91H91N5OPt-2. The summed E-state index contributed by atoms with van der Waals surface area (Å²) in [5.74, 6) is 0.943. The van der Waals surface area contributed by atoms with Crippen molar-refractivity contribution in [1.29, 1.82) is 0 Å². The van der Waals surface area contributed by atoms with E-state index in [0.717, 1.165) is 77.2 Å². The van der Waals surface area contributed by atoms with Crippen LogP contribution in [-0.2, 0) is 53.6 Å². The van der Waals surface area contributed by atoms with E-state index < -0.39 is 37.1 Å². The van der Waals surface area contributed by atoms with Gasteiger partial charge in [0.15, 0.2) is 0 Å². The number of hydrogen-bond donors (Lipinski definition) is 0. The van der Waals surface area contributed by atoms with E-state index in [1.807, 2.05) is 41.0 Å². The zero-order valence-corrected chi connectivity index (χ0v) is 62.0. The molecule has 0 fully saturated rings. The van der Waals surface area contributed by atoms with Crippen molar-refractivity contribution in [3.63, 3.8) is 0 Å². The maximum atomic E-state index is 8.96. The monoisotopic (exact) mass is 1470 g/mol. The Morgan fingerprint density at radius 1 is 0.429 bits per heavy atom. The summed E-state index contributed by atoms with van der Waals surface area (Å²) in [4.78, 5) is 4.95. The van der Waals surface area contributed by atoms with Gasteiger partial charge in [0.1, 0.15) is 5.82 Å². The predicted octanol–water partition coefficient (Wildman–Crippen LogP) is 23.8. The van der Waals surface area contributed by atoms with E-state index in [9.17, 15) is 0 Å². The molecule has 0 bridgehead atoms. The van der Waals surface area contributed by atoms with Crippen LogP contribution >= 0.6 is 0 Å². The summed E-state index contributed by atoms with van der Waals surface area (Å²) in [6, 6.07) is 64.7. The smallest absolute Gasteiger partial charge is 0.268 e. The number of para-hydroxylation sites is 3. The van der Waals surface area contributed by atoms with Crippen molar-refractivity contribution in [2.75, 3.05) is 0 Å². The number of nitrogens with zero attached hydrogens (tertiary/aromatic N) is 5. The molecule has 0 aliphatic carbocycles. The molecule has 0 saturated carbocycles. The zero-order chi connectivity index (χ0) is 75.5. The van der Waals surface area contributed by atoms with E-state index in [2.05, 4.69) is 284 Å². The Morgan fingerprint density at radius 2 is 0.939 bits per heavy atom. The third kappa shape index (κ3) is 12.5. The number of benzene rings is 10. The minimum atomic E-state index is -2.83. The first-order valence-electron chi connectivity index (χ1n) is 37.8. The van der Waals surface area contributed by atoms with Crippen molar-refractivity contribution >= 4 is 54.6 Å². The summed E-state index contributed by atoms with van der Waals surface area (Å²) in [7, 11) is 0. The molecule has 7 heteroatoms. The molecule has 0 saturated heterocycles. The van der Waals surface area contributed by atoms with Crippen LogP contribution in [0.25, 0.3) is 111 Å². The van der Waals surface area contributed by atoms with Gasteiger partial charge in [0, 0.05) is 70.4 Å². The first-order chi connectivity index (χ1) is 49.0. The quantitative estimate of drug-likeness (QED) is 0.107. The number of ether oxygens (including phenoxy) is 1. The number of fused-ring (bicyclic) bond motifs is 7. The number of hydrogen-bond acceptors (Lipinski definition) is 2. The summed E-state index contributed by atoms with van der Waals surface area (Å²) in [6.07, 6.45) is 5.22. The molecule has 0 unspecified atom stereocenters. The first kappa shape index (κ1) is 57.9. The molecule has 6 nitrogen and oxygen atoms in total. The minimum Gasteiger partial charge on any atom is -0.510 e. The topological polar surface area (TPSA) is 40.8 Å². The minimum absolute atomic E-state index is 0. The molecule has 0 radical (unpaired) electrons. The average molecular weight is 1470 g/mol. The second kappa shape index (κ2) is 24.4. The zero-order valence-electron chi connectivity index (χ0n) is 67.7. The van der Waals surface area contributed by atoms with Gasteiger partial charge < -0.3 is 18.4 Å². The summed E-state index contributed by atoms with van der Waals surface area (Å²) in [6.45, 7) is 38.0. The Kier molecular flexibility index (Phi) is 14.4. The van der Waals surface area contributed by atoms with Crippen LogP contribution < -0.4 is 9.30 Å². The van der Waals surface area contributed by atoms with Gasteiger partial charge in [-0.15, -0.1) is 29.7 Å². The Labute approximate surface area is 606 Å². The average Bonchev–Trinajstić information content (AvgIpc) is 1.56. The van der Waals surface area contributed by atoms with Crippen molar-refractivity contribution in [3.8, 4) is 67.8 Å². The number of aryl methyl sites for hydroxylation is 1. The van der Waals surface area contributed by atoms with Crippen LogP contribution in [0, 0.1) is 25.3 Å². The molecule has 0 atom stereocenters. The molecule has 0 aliphatic rings. The second-order valence-corrected chi connectivity index (χ2v) is 32.6. The molecule has 10 aromatic carbocycles. The molecule has 0 amide bonds. The molecule has 98 heavy (non-hydrogen) atoms. The summed E-state index contributed by atoms with van der Waals surface area (Å²) < 4.78 is 85.6. The van der Waals surface area contributed by atoms with Crippen molar-refractivity contribution in [2.24, 2.45) is 0 Å². The van der Waals surface area contributed by atoms with Crippen LogP contribution in [0.2, 0.25) is 0 Å². The standard InChI is InChI=1S/C91H91N5O.Pt/c1-57-43-84(92-55-77(57)58-27-21-20-22-28-58)96-80-42-37-68(95-78-40-35-61(86(2,3)4)50-74(78)75-51-62(87(5,6)7)36-41-79(75)95)53-76(80)73-39-38-70(54-83(73)96)97-69-30-25-29-67(52-69)93-56-94(82-34-24-23-33-81(82)93)85-71(59-44-63(88(8,9)10)48-64(45-59)89(11,12)13)31-26-32-72(85)60-46-65(90(14,15)16)49-66(47-60)91(17,18)19;/h20-51,53,55H,1-19H3;/q-2;/i1D3,20D,21D,22D,27D,28D;. The van der Waals surface area contributed by atoms with Gasteiger partial charge in [-0.3, -0.25) is 4.57 Å². The van der Waals surface area contributed by atoms with E-state index in [-0.39, 0.29) is 76.1 Å². The van der Waals surface area contributed by atoms with E-state index >= 15 is 0 Å². The molecule has 0 aliphatic heterocycles. The first-order valence-corrected chi connectivity index (χ1v) is 33.8. The van der Waals surface area contributed by atoms with Crippen LogP contribution in [0.15, 0.2) is 206 Å². The number of aromatic nitrogens is 5. The number of rotatable bonds is 9. The van der Waals surface area contributed by atoms with Gasteiger partial charge in [0.25, 0.3) is 6.33 Å². The van der Waals surface area contributed by atoms with Gasteiger partial charge in [0.05, 0.1) is 34.6 Å². The van der Waals surface area contributed by atoms with Crippen LogP contribution in [0.4, 0.5) is 0 Å².